The SMILES string of the molecule is CC(N)C1CCN(Cc2nc(Cc3ccccc3)no2)C1. The van der Waals surface area contributed by atoms with Gasteiger partial charge in [-0.3, -0.25) is 4.90 Å². The largest absolute Gasteiger partial charge is 0.338 e. The fourth-order valence-electron chi connectivity index (χ4n) is 2.83. The van der Waals surface area contributed by atoms with Crippen LogP contribution in [0.5, 0.6) is 0 Å². The third-order valence-electron chi connectivity index (χ3n) is 4.13. The molecule has 1 saturated heterocycles. The molecule has 112 valence electrons. The van der Waals surface area contributed by atoms with Gasteiger partial charge < -0.3 is 10.3 Å². The molecule has 0 aliphatic carbocycles. The summed E-state index contributed by atoms with van der Waals surface area (Å²) in [4.78, 5) is 6.83. The molecule has 3 rings (SSSR count). The van der Waals surface area contributed by atoms with Gasteiger partial charge in [0, 0.05) is 19.0 Å². The average Bonchev–Trinajstić information content (AvgIpc) is 3.10. The number of benzene rings is 1. The lowest BCUT2D eigenvalue weighted by Crippen LogP contribution is -2.29. The number of nitrogens with zero attached hydrogens (tertiary/aromatic N) is 3. The molecule has 5 nitrogen and oxygen atoms in total. The molecule has 1 aliphatic heterocycles. The summed E-state index contributed by atoms with van der Waals surface area (Å²) in [7, 11) is 0. The van der Waals surface area contributed by atoms with Crippen molar-refractivity contribution in [3.8, 4) is 0 Å². The molecule has 2 aromatic rings. The van der Waals surface area contributed by atoms with Crippen molar-refractivity contribution in [3.05, 3.63) is 47.6 Å². The van der Waals surface area contributed by atoms with Gasteiger partial charge in [-0.15, -0.1) is 0 Å². The van der Waals surface area contributed by atoms with Crippen LogP contribution in [0.25, 0.3) is 0 Å². The molecule has 0 bridgehead atoms. The molecule has 1 aromatic carbocycles. The van der Waals surface area contributed by atoms with Gasteiger partial charge in [-0.2, -0.15) is 4.98 Å². The van der Waals surface area contributed by atoms with Crippen LogP contribution in [0.1, 0.15) is 30.6 Å². The van der Waals surface area contributed by atoms with Crippen LogP contribution in [0.2, 0.25) is 0 Å². The maximum absolute atomic E-state index is 5.97. The Bertz CT molecular complexity index is 567. The van der Waals surface area contributed by atoms with E-state index < -0.39 is 0 Å². The van der Waals surface area contributed by atoms with Gasteiger partial charge in [-0.1, -0.05) is 35.5 Å². The predicted octanol–water partition coefficient (Wildman–Crippen LogP) is 1.83. The molecule has 2 N–H and O–H groups in total. The maximum atomic E-state index is 5.97. The Hall–Kier alpha value is -1.72. The molecule has 2 heterocycles. The number of hydrogen-bond acceptors (Lipinski definition) is 5. The van der Waals surface area contributed by atoms with Crippen molar-refractivity contribution in [1.82, 2.24) is 15.0 Å². The quantitative estimate of drug-likeness (QED) is 0.908. The first kappa shape index (κ1) is 14.2. The number of aromatic nitrogens is 2. The molecule has 2 unspecified atom stereocenters. The van der Waals surface area contributed by atoms with Crippen LogP contribution in [-0.2, 0) is 13.0 Å². The zero-order valence-corrected chi connectivity index (χ0v) is 12.4. The van der Waals surface area contributed by atoms with Crippen LogP contribution in [0, 0.1) is 5.92 Å². The minimum atomic E-state index is 0.256. The summed E-state index contributed by atoms with van der Waals surface area (Å²) in [5, 5.41) is 4.07. The topological polar surface area (TPSA) is 68.2 Å². The van der Waals surface area contributed by atoms with Crippen molar-refractivity contribution < 1.29 is 4.52 Å². The molecule has 5 heteroatoms. The van der Waals surface area contributed by atoms with Crippen molar-refractivity contribution in [2.45, 2.75) is 32.4 Å². The standard InChI is InChI=1S/C16H22N4O/c1-12(17)14-7-8-20(10-14)11-16-18-15(19-21-16)9-13-5-3-2-4-6-13/h2-6,12,14H,7-11,17H2,1H3. The van der Waals surface area contributed by atoms with Crippen molar-refractivity contribution in [3.63, 3.8) is 0 Å². The van der Waals surface area contributed by atoms with Gasteiger partial charge in [0.25, 0.3) is 0 Å². The first-order valence-corrected chi connectivity index (χ1v) is 7.54. The summed E-state index contributed by atoms with van der Waals surface area (Å²) in [6.45, 7) is 4.89. The van der Waals surface area contributed by atoms with E-state index in [0.29, 0.717) is 18.2 Å². The van der Waals surface area contributed by atoms with Crippen molar-refractivity contribution >= 4 is 0 Å². The Balaban J connectivity index is 1.56. The van der Waals surface area contributed by atoms with E-state index in [9.17, 15) is 0 Å². The number of rotatable bonds is 5. The zero-order valence-electron chi connectivity index (χ0n) is 12.4. The van der Waals surface area contributed by atoms with Crippen LogP contribution in [-0.4, -0.2) is 34.2 Å². The normalized spacial score (nSPS) is 20.8. The third kappa shape index (κ3) is 3.68. The fourth-order valence-corrected chi connectivity index (χ4v) is 2.83. The van der Waals surface area contributed by atoms with E-state index in [1.54, 1.807) is 0 Å². The number of likely N-dealkylation sites (tertiary alicyclic amines) is 1. The Kier molecular flexibility index (Phi) is 4.31. The average molecular weight is 286 g/mol. The third-order valence-corrected chi connectivity index (χ3v) is 4.13. The summed E-state index contributed by atoms with van der Waals surface area (Å²) in [6.07, 6.45) is 1.87. The molecular formula is C16H22N4O. The molecule has 0 saturated carbocycles. The lowest BCUT2D eigenvalue weighted by atomic mass is 10.0. The van der Waals surface area contributed by atoms with E-state index in [0.717, 1.165) is 31.9 Å². The highest BCUT2D eigenvalue weighted by Gasteiger charge is 2.26. The van der Waals surface area contributed by atoms with E-state index in [1.165, 1.54) is 5.56 Å². The van der Waals surface area contributed by atoms with Gasteiger partial charge in [-0.25, -0.2) is 0 Å². The molecule has 1 aliphatic rings. The Morgan fingerprint density at radius 3 is 2.90 bits per heavy atom. The fraction of sp³-hybridized carbons (Fsp3) is 0.500. The second-order valence-corrected chi connectivity index (χ2v) is 5.91. The summed E-state index contributed by atoms with van der Waals surface area (Å²) < 4.78 is 5.36. The smallest absolute Gasteiger partial charge is 0.240 e. The van der Waals surface area contributed by atoms with Crippen LogP contribution in [0.4, 0.5) is 0 Å². The van der Waals surface area contributed by atoms with E-state index in [2.05, 4.69) is 34.1 Å². The van der Waals surface area contributed by atoms with Gasteiger partial charge in [0.1, 0.15) is 0 Å². The van der Waals surface area contributed by atoms with E-state index in [4.69, 9.17) is 10.3 Å². The van der Waals surface area contributed by atoms with Crippen molar-refractivity contribution in [2.75, 3.05) is 13.1 Å². The van der Waals surface area contributed by atoms with E-state index in [1.807, 2.05) is 18.2 Å². The minimum Gasteiger partial charge on any atom is -0.338 e. The van der Waals surface area contributed by atoms with Gasteiger partial charge in [-0.05, 0) is 31.4 Å². The highest BCUT2D eigenvalue weighted by Crippen LogP contribution is 2.20. The Morgan fingerprint density at radius 2 is 2.19 bits per heavy atom. The molecule has 0 spiro atoms. The van der Waals surface area contributed by atoms with Crippen LogP contribution >= 0.6 is 0 Å². The highest BCUT2D eigenvalue weighted by atomic mass is 16.5. The maximum Gasteiger partial charge on any atom is 0.240 e. The molecule has 0 radical (unpaired) electrons. The van der Waals surface area contributed by atoms with E-state index in [-0.39, 0.29) is 6.04 Å². The summed E-state index contributed by atoms with van der Waals surface area (Å²) in [5.74, 6) is 2.03. The first-order chi connectivity index (χ1) is 10.2. The van der Waals surface area contributed by atoms with Gasteiger partial charge >= 0.3 is 0 Å². The summed E-state index contributed by atoms with van der Waals surface area (Å²) in [6, 6.07) is 10.5. The zero-order chi connectivity index (χ0) is 14.7. The molecule has 21 heavy (non-hydrogen) atoms. The number of nitrogens with two attached hydrogens (primary N) is 1. The molecule has 1 fully saturated rings. The highest BCUT2D eigenvalue weighted by molar-refractivity contribution is 5.18. The number of hydrogen-bond donors (Lipinski definition) is 1. The molecule has 2 atom stereocenters. The Morgan fingerprint density at radius 1 is 1.38 bits per heavy atom. The molecular weight excluding hydrogens is 264 g/mol. The second-order valence-electron chi connectivity index (χ2n) is 5.91. The summed E-state index contributed by atoms with van der Waals surface area (Å²) in [5.41, 5.74) is 7.16. The van der Waals surface area contributed by atoms with Crippen molar-refractivity contribution in [2.24, 2.45) is 11.7 Å². The monoisotopic (exact) mass is 286 g/mol. The van der Waals surface area contributed by atoms with Crippen molar-refractivity contribution in [1.29, 1.82) is 0 Å². The van der Waals surface area contributed by atoms with Crippen LogP contribution in [0.15, 0.2) is 34.9 Å². The van der Waals surface area contributed by atoms with Gasteiger partial charge in [0.2, 0.25) is 5.89 Å². The van der Waals surface area contributed by atoms with Gasteiger partial charge in [0.05, 0.1) is 6.54 Å². The molecule has 1 aromatic heterocycles. The predicted molar refractivity (Wildman–Crippen MR) is 80.6 cm³/mol. The van der Waals surface area contributed by atoms with E-state index >= 15 is 0 Å². The lowest BCUT2D eigenvalue weighted by Gasteiger charge is -2.15. The van der Waals surface area contributed by atoms with Crippen LogP contribution in [0.3, 0.4) is 0 Å². The first-order valence-electron chi connectivity index (χ1n) is 7.54. The Labute approximate surface area is 125 Å². The second kappa shape index (κ2) is 6.37. The lowest BCUT2D eigenvalue weighted by molar-refractivity contribution is 0.256. The molecule has 0 amide bonds. The van der Waals surface area contributed by atoms with Gasteiger partial charge in [0.15, 0.2) is 5.82 Å². The summed E-state index contributed by atoms with van der Waals surface area (Å²) >= 11 is 0. The van der Waals surface area contributed by atoms with Crippen LogP contribution < -0.4 is 5.73 Å². The minimum absolute atomic E-state index is 0.256.